The van der Waals surface area contributed by atoms with Crippen molar-refractivity contribution in [3.63, 3.8) is 0 Å². The van der Waals surface area contributed by atoms with Gasteiger partial charge >= 0.3 is 0 Å². The summed E-state index contributed by atoms with van der Waals surface area (Å²) in [6, 6.07) is 1.57. The number of aromatic nitrogens is 2. The van der Waals surface area contributed by atoms with Crippen molar-refractivity contribution < 1.29 is 14.3 Å². The molecule has 0 radical (unpaired) electrons. The van der Waals surface area contributed by atoms with Crippen LogP contribution in [0.25, 0.3) is 11.8 Å². The lowest BCUT2D eigenvalue weighted by molar-refractivity contribution is -0.114. The molecule has 1 aromatic heterocycles. The maximum atomic E-state index is 11.5. The van der Waals surface area contributed by atoms with Crippen LogP contribution >= 0.6 is 23.2 Å². The largest absolute Gasteiger partial charge is 0.495 e. The molecule has 26 heavy (non-hydrogen) atoms. The molecule has 1 heterocycles. The molecule has 2 rings (SSSR count). The molecule has 138 valence electrons. The Hall–Kier alpha value is -2.51. The average molecular weight is 397 g/mol. The Kier molecular flexibility index (Phi) is 6.28. The highest BCUT2D eigenvalue weighted by molar-refractivity contribution is 6.39. The quantitative estimate of drug-likeness (QED) is 0.753. The number of ether oxygens (including phenoxy) is 2. The number of rotatable bonds is 6. The Labute approximate surface area is 161 Å². The molecule has 0 atom stereocenters. The van der Waals surface area contributed by atoms with Crippen LogP contribution < -0.4 is 15.2 Å². The van der Waals surface area contributed by atoms with Gasteiger partial charge in [-0.15, -0.1) is 0 Å². The Bertz CT molecular complexity index is 843. The van der Waals surface area contributed by atoms with Crippen LogP contribution in [0, 0.1) is 6.92 Å². The predicted molar refractivity (Wildman–Crippen MR) is 102 cm³/mol. The highest BCUT2D eigenvalue weighted by Gasteiger charge is 2.22. The van der Waals surface area contributed by atoms with Crippen molar-refractivity contribution in [2.45, 2.75) is 6.92 Å². The Morgan fingerprint density at radius 3 is 2.27 bits per heavy atom. The number of hydrogen-bond acceptors (Lipinski definition) is 6. The maximum Gasteiger partial charge on any atom is 0.220 e. The lowest BCUT2D eigenvalue weighted by Gasteiger charge is -2.21. The summed E-state index contributed by atoms with van der Waals surface area (Å²) in [7, 11) is 4.52. The number of halogens is 2. The predicted octanol–water partition coefficient (Wildman–Crippen LogP) is 3.28. The number of amides is 1. The lowest BCUT2D eigenvalue weighted by Crippen LogP contribution is -2.15. The molecule has 9 heteroatoms. The van der Waals surface area contributed by atoms with Gasteiger partial charge in [-0.3, -0.25) is 4.79 Å². The molecule has 0 unspecified atom stereocenters. The van der Waals surface area contributed by atoms with Crippen molar-refractivity contribution in [2.75, 3.05) is 27.0 Å². The van der Waals surface area contributed by atoms with Crippen molar-refractivity contribution >= 4 is 47.3 Å². The SMILES string of the molecule is COc1cc(OC)c(Cl)c(/C(=C/c2cnc(N)nc2C)N(C)C=O)c1Cl. The molecule has 0 spiro atoms. The smallest absolute Gasteiger partial charge is 0.220 e. The first kappa shape index (κ1) is 19.8. The number of nitrogens with two attached hydrogens (primary N) is 1. The number of carbonyl (C=O) groups is 1. The molecule has 2 aromatic rings. The number of methoxy groups -OCH3 is 2. The summed E-state index contributed by atoms with van der Waals surface area (Å²) < 4.78 is 10.6. The van der Waals surface area contributed by atoms with E-state index >= 15 is 0 Å². The first-order valence-electron chi connectivity index (χ1n) is 7.43. The number of anilines is 1. The van der Waals surface area contributed by atoms with Gasteiger partial charge < -0.3 is 20.1 Å². The second-order valence-electron chi connectivity index (χ2n) is 5.30. The minimum atomic E-state index is 0.157. The van der Waals surface area contributed by atoms with E-state index in [-0.39, 0.29) is 16.0 Å². The standard InChI is InChI=1S/C17H18Cl2N4O3/c1-9-10(7-21-17(20)22-9)5-11(23(2)8-24)14-15(18)12(25-3)6-13(26-4)16(14)19/h5-8H,1-4H3,(H2,20,21,22)/b11-5-. The van der Waals surface area contributed by atoms with Gasteiger partial charge in [-0.1, -0.05) is 23.2 Å². The van der Waals surface area contributed by atoms with Crippen LogP contribution in [0.4, 0.5) is 5.95 Å². The topological polar surface area (TPSA) is 90.6 Å². The normalized spacial score (nSPS) is 11.2. The van der Waals surface area contributed by atoms with Crippen molar-refractivity contribution in [3.8, 4) is 11.5 Å². The summed E-state index contributed by atoms with van der Waals surface area (Å²) in [6.07, 6.45) is 3.88. The van der Waals surface area contributed by atoms with Crippen molar-refractivity contribution in [1.29, 1.82) is 0 Å². The zero-order chi connectivity index (χ0) is 19.4. The third kappa shape index (κ3) is 3.84. The van der Waals surface area contributed by atoms with Gasteiger partial charge in [0, 0.05) is 30.4 Å². The highest BCUT2D eigenvalue weighted by Crippen LogP contribution is 2.44. The highest BCUT2D eigenvalue weighted by atomic mass is 35.5. The first-order valence-corrected chi connectivity index (χ1v) is 8.18. The molecule has 1 amide bonds. The summed E-state index contributed by atoms with van der Waals surface area (Å²) in [5, 5.41) is 0.486. The van der Waals surface area contributed by atoms with Crippen molar-refractivity contribution in [2.24, 2.45) is 0 Å². The van der Waals surface area contributed by atoms with Crippen LogP contribution in [0.15, 0.2) is 12.3 Å². The molecule has 0 aliphatic heterocycles. The van der Waals surface area contributed by atoms with E-state index < -0.39 is 0 Å². The molecular weight excluding hydrogens is 379 g/mol. The molecular formula is C17H18Cl2N4O3. The summed E-state index contributed by atoms with van der Waals surface area (Å²) in [5.74, 6) is 0.876. The number of nitrogen functional groups attached to an aromatic ring is 1. The maximum absolute atomic E-state index is 11.5. The molecule has 0 fully saturated rings. The van der Waals surface area contributed by atoms with E-state index in [0.29, 0.717) is 40.4 Å². The van der Waals surface area contributed by atoms with Gasteiger partial charge in [0.05, 0.1) is 35.7 Å². The zero-order valence-corrected chi connectivity index (χ0v) is 16.2. The van der Waals surface area contributed by atoms with Crippen molar-refractivity contribution in [1.82, 2.24) is 14.9 Å². The zero-order valence-electron chi connectivity index (χ0n) is 14.7. The Morgan fingerprint density at radius 2 is 1.81 bits per heavy atom. The van der Waals surface area contributed by atoms with Gasteiger partial charge in [-0.2, -0.15) is 0 Å². The number of nitrogens with zero attached hydrogens (tertiary/aromatic N) is 3. The lowest BCUT2D eigenvalue weighted by atomic mass is 10.1. The fourth-order valence-electron chi connectivity index (χ4n) is 2.30. The minimum absolute atomic E-state index is 0.157. The monoisotopic (exact) mass is 396 g/mol. The van der Waals surface area contributed by atoms with Gasteiger partial charge in [0.25, 0.3) is 0 Å². The van der Waals surface area contributed by atoms with E-state index in [1.165, 1.54) is 19.1 Å². The fraction of sp³-hybridized carbons (Fsp3) is 0.235. The van der Waals surface area contributed by atoms with Gasteiger partial charge in [-0.25, -0.2) is 9.97 Å². The Morgan fingerprint density at radius 1 is 1.23 bits per heavy atom. The Balaban J connectivity index is 2.80. The van der Waals surface area contributed by atoms with E-state index in [9.17, 15) is 4.79 Å². The molecule has 7 nitrogen and oxygen atoms in total. The first-order chi connectivity index (χ1) is 12.3. The minimum Gasteiger partial charge on any atom is -0.495 e. The number of benzene rings is 1. The van der Waals surface area contributed by atoms with Crippen LogP contribution in [-0.2, 0) is 4.79 Å². The summed E-state index contributed by atoms with van der Waals surface area (Å²) in [6.45, 7) is 1.78. The summed E-state index contributed by atoms with van der Waals surface area (Å²) >= 11 is 12.9. The van der Waals surface area contributed by atoms with Gasteiger partial charge in [0.15, 0.2) is 0 Å². The van der Waals surface area contributed by atoms with Crippen LogP contribution in [0.1, 0.15) is 16.8 Å². The second-order valence-corrected chi connectivity index (χ2v) is 6.05. The van der Waals surface area contributed by atoms with E-state index in [4.69, 9.17) is 38.4 Å². The molecule has 0 bridgehead atoms. The molecule has 1 aromatic carbocycles. The second kappa shape index (κ2) is 8.25. The van der Waals surface area contributed by atoms with E-state index in [1.54, 1.807) is 32.3 Å². The molecule has 0 aliphatic rings. The van der Waals surface area contributed by atoms with Crippen LogP contribution in [0.5, 0.6) is 11.5 Å². The molecule has 2 N–H and O–H groups in total. The van der Waals surface area contributed by atoms with Crippen molar-refractivity contribution in [3.05, 3.63) is 39.1 Å². The number of aryl methyl sites for hydroxylation is 1. The third-order valence-electron chi connectivity index (χ3n) is 3.70. The summed E-state index contributed by atoms with van der Waals surface area (Å²) in [5.41, 5.74) is 7.68. The van der Waals surface area contributed by atoms with Crippen LogP contribution in [0.3, 0.4) is 0 Å². The number of hydrogen-bond donors (Lipinski definition) is 1. The van der Waals surface area contributed by atoms with Crippen LogP contribution in [-0.4, -0.2) is 42.5 Å². The summed E-state index contributed by atoms with van der Waals surface area (Å²) in [4.78, 5) is 20.9. The molecule has 0 saturated carbocycles. The fourth-order valence-corrected chi connectivity index (χ4v) is 3.00. The van der Waals surface area contributed by atoms with E-state index in [0.717, 1.165) is 0 Å². The molecule has 0 saturated heterocycles. The molecule has 0 aliphatic carbocycles. The van der Waals surface area contributed by atoms with E-state index in [2.05, 4.69) is 9.97 Å². The number of carbonyl (C=O) groups excluding carboxylic acids is 1. The van der Waals surface area contributed by atoms with Gasteiger partial charge in [0.2, 0.25) is 12.4 Å². The van der Waals surface area contributed by atoms with Gasteiger partial charge in [-0.05, 0) is 13.0 Å². The average Bonchev–Trinajstić information content (AvgIpc) is 2.62. The third-order valence-corrected chi connectivity index (χ3v) is 4.45. The van der Waals surface area contributed by atoms with Crippen LogP contribution in [0.2, 0.25) is 10.0 Å². The van der Waals surface area contributed by atoms with E-state index in [1.807, 2.05) is 0 Å². The van der Waals surface area contributed by atoms with Gasteiger partial charge in [0.1, 0.15) is 11.5 Å².